The average Bonchev–Trinajstić information content (AvgIpc) is 3.03. The van der Waals surface area contributed by atoms with Gasteiger partial charge in [0.1, 0.15) is 0 Å². The molecule has 7 nitrogen and oxygen atoms in total. The molecule has 0 saturated carbocycles. The number of rotatable bonds is 7. The van der Waals surface area contributed by atoms with Crippen LogP contribution in [0.5, 0.6) is 0 Å². The summed E-state index contributed by atoms with van der Waals surface area (Å²) in [5.41, 5.74) is 2.76. The van der Waals surface area contributed by atoms with Crippen molar-refractivity contribution >= 4 is 45.7 Å². The molecule has 134 valence electrons. The van der Waals surface area contributed by atoms with Gasteiger partial charge in [-0.3, -0.25) is 9.59 Å². The van der Waals surface area contributed by atoms with Crippen molar-refractivity contribution in [3.05, 3.63) is 29.3 Å². The molecule has 0 spiro atoms. The second-order valence-electron chi connectivity index (χ2n) is 5.42. The summed E-state index contributed by atoms with van der Waals surface area (Å²) in [7, 11) is 1.76. The normalized spacial score (nSPS) is 11.7. The summed E-state index contributed by atoms with van der Waals surface area (Å²) in [6, 6.07) is 5.80. The second-order valence-corrected chi connectivity index (χ2v) is 7.98. The van der Waals surface area contributed by atoms with Crippen LogP contribution in [0.1, 0.15) is 18.1 Å². The van der Waals surface area contributed by atoms with Crippen LogP contribution in [0.4, 0.5) is 10.8 Å². The van der Waals surface area contributed by atoms with Gasteiger partial charge in [-0.1, -0.05) is 41.3 Å². The number of benzene rings is 1. The van der Waals surface area contributed by atoms with E-state index in [9.17, 15) is 9.59 Å². The maximum Gasteiger partial charge on any atom is 0.243 e. The molecule has 1 aromatic heterocycles. The molecule has 0 radical (unpaired) electrons. The van der Waals surface area contributed by atoms with E-state index in [1.165, 1.54) is 23.1 Å². The summed E-state index contributed by atoms with van der Waals surface area (Å²) >= 11 is 2.69. The number of hydrogen-bond donors (Lipinski definition) is 3. The molecular weight excluding hydrogens is 358 g/mol. The Hall–Kier alpha value is -2.13. The summed E-state index contributed by atoms with van der Waals surface area (Å²) in [6.07, 6.45) is 0. The largest absolute Gasteiger partial charge is 0.363 e. The zero-order valence-electron chi connectivity index (χ0n) is 14.5. The first kappa shape index (κ1) is 19.2. The van der Waals surface area contributed by atoms with E-state index in [2.05, 4.69) is 26.1 Å². The average molecular weight is 380 g/mol. The monoisotopic (exact) mass is 379 g/mol. The summed E-state index contributed by atoms with van der Waals surface area (Å²) in [5.74, 6) is -0.473. The molecule has 0 aliphatic heterocycles. The van der Waals surface area contributed by atoms with Gasteiger partial charge >= 0.3 is 0 Å². The Bertz CT molecular complexity index is 742. The molecule has 0 aliphatic carbocycles. The zero-order chi connectivity index (χ0) is 18.4. The van der Waals surface area contributed by atoms with E-state index in [1.54, 1.807) is 14.0 Å². The van der Waals surface area contributed by atoms with Crippen LogP contribution in [0.25, 0.3) is 0 Å². The molecule has 0 saturated heterocycles. The van der Waals surface area contributed by atoms with Crippen LogP contribution in [0, 0.1) is 13.8 Å². The molecule has 2 amide bonds. The van der Waals surface area contributed by atoms with Gasteiger partial charge < -0.3 is 16.0 Å². The first-order valence-electron chi connectivity index (χ1n) is 7.72. The van der Waals surface area contributed by atoms with Crippen molar-refractivity contribution in [2.24, 2.45) is 0 Å². The Morgan fingerprint density at radius 2 is 1.92 bits per heavy atom. The lowest BCUT2D eigenvalue weighted by Gasteiger charge is -2.13. The van der Waals surface area contributed by atoms with E-state index in [0.29, 0.717) is 9.47 Å². The van der Waals surface area contributed by atoms with Crippen LogP contribution in [0.15, 0.2) is 22.5 Å². The fraction of sp³-hybridized carbons (Fsp3) is 0.375. The van der Waals surface area contributed by atoms with Crippen LogP contribution < -0.4 is 16.0 Å². The van der Waals surface area contributed by atoms with E-state index in [1.807, 2.05) is 32.0 Å². The highest BCUT2D eigenvalue weighted by Gasteiger charge is 2.18. The summed E-state index contributed by atoms with van der Waals surface area (Å²) in [5, 5.41) is 16.6. The Labute approximate surface area is 155 Å². The number of thioether (sulfide) groups is 1. The van der Waals surface area contributed by atoms with Gasteiger partial charge in [0.2, 0.25) is 16.9 Å². The van der Waals surface area contributed by atoms with Gasteiger partial charge in [0, 0.05) is 12.7 Å². The van der Waals surface area contributed by atoms with Crippen LogP contribution in [0.2, 0.25) is 0 Å². The Balaban J connectivity index is 1.83. The molecule has 3 N–H and O–H groups in total. The zero-order valence-corrected chi connectivity index (χ0v) is 16.2. The van der Waals surface area contributed by atoms with Gasteiger partial charge in [-0.25, -0.2) is 0 Å². The van der Waals surface area contributed by atoms with Gasteiger partial charge in [-0.05, 0) is 31.9 Å². The third-order valence-electron chi connectivity index (χ3n) is 3.44. The molecular formula is C16H21N5O2S2. The minimum absolute atomic E-state index is 0.0740. The van der Waals surface area contributed by atoms with Crippen molar-refractivity contribution in [1.82, 2.24) is 15.5 Å². The molecule has 1 heterocycles. The topological polar surface area (TPSA) is 96.0 Å². The lowest BCUT2D eigenvalue weighted by atomic mass is 10.1. The second kappa shape index (κ2) is 8.82. The van der Waals surface area contributed by atoms with Crippen LogP contribution >= 0.6 is 23.1 Å². The van der Waals surface area contributed by atoms with Gasteiger partial charge in [-0.15, -0.1) is 10.2 Å². The maximum absolute atomic E-state index is 12.1. The molecule has 0 unspecified atom stereocenters. The smallest absolute Gasteiger partial charge is 0.243 e. The molecule has 2 aromatic rings. The summed E-state index contributed by atoms with van der Waals surface area (Å²) < 4.78 is 0.701. The van der Waals surface area contributed by atoms with Gasteiger partial charge in [-0.2, -0.15) is 0 Å². The van der Waals surface area contributed by atoms with Gasteiger partial charge in [0.25, 0.3) is 0 Å². The van der Waals surface area contributed by atoms with E-state index in [-0.39, 0.29) is 23.6 Å². The van der Waals surface area contributed by atoms with Crippen LogP contribution in [0.3, 0.4) is 0 Å². The van der Waals surface area contributed by atoms with Crippen molar-refractivity contribution in [3.63, 3.8) is 0 Å². The maximum atomic E-state index is 12.1. The van der Waals surface area contributed by atoms with Gasteiger partial charge in [0.15, 0.2) is 4.34 Å². The van der Waals surface area contributed by atoms with E-state index < -0.39 is 0 Å². The van der Waals surface area contributed by atoms with Crippen molar-refractivity contribution in [1.29, 1.82) is 0 Å². The number of anilines is 2. The fourth-order valence-corrected chi connectivity index (χ4v) is 3.94. The first-order valence-corrected chi connectivity index (χ1v) is 9.42. The Morgan fingerprint density at radius 1 is 1.24 bits per heavy atom. The predicted octanol–water partition coefficient (Wildman–Crippen LogP) is 2.43. The standard InChI is InChI=1S/C16H21N5O2S2/c1-9-6-5-7-10(2)13(9)19-12(22)8-18-14(23)11(3)24-16-21-20-15(17-4)25-16/h5-7,11H,8H2,1-4H3,(H,17,20)(H,18,23)(H,19,22)/t11-/m1/s1. The number of aromatic nitrogens is 2. The van der Waals surface area contributed by atoms with E-state index >= 15 is 0 Å². The van der Waals surface area contributed by atoms with Crippen molar-refractivity contribution in [3.8, 4) is 0 Å². The Morgan fingerprint density at radius 3 is 2.52 bits per heavy atom. The van der Waals surface area contributed by atoms with Gasteiger partial charge in [0.05, 0.1) is 11.8 Å². The molecule has 25 heavy (non-hydrogen) atoms. The van der Waals surface area contributed by atoms with Crippen LogP contribution in [-0.4, -0.2) is 40.9 Å². The summed E-state index contributed by atoms with van der Waals surface area (Å²) in [4.78, 5) is 24.2. The number of carbonyl (C=O) groups is 2. The van der Waals surface area contributed by atoms with E-state index in [0.717, 1.165) is 16.8 Å². The van der Waals surface area contributed by atoms with E-state index in [4.69, 9.17) is 0 Å². The molecule has 1 atom stereocenters. The number of amides is 2. The predicted molar refractivity (Wildman–Crippen MR) is 102 cm³/mol. The highest BCUT2D eigenvalue weighted by molar-refractivity contribution is 8.02. The SMILES string of the molecule is CNc1nnc(S[C@H](C)C(=O)NCC(=O)Nc2c(C)cccc2C)s1. The molecule has 2 rings (SSSR count). The number of aryl methyl sites for hydroxylation is 2. The minimum atomic E-state index is -0.370. The lowest BCUT2D eigenvalue weighted by molar-refractivity contribution is -0.123. The van der Waals surface area contributed by atoms with Crippen molar-refractivity contribution in [2.75, 3.05) is 24.2 Å². The minimum Gasteiger partial charge on any atom is -0.363 e. The highest BCUT2D eigenvalue weighted by Crippen LogP contribution is 2.28. The first-order chi connectivity index (χ1) is 11.9. The quantitative estimate of drug-likeness (QED) is 0.640. The van der Waals surface area contributed by atoms with Crippen molar-refractivity contribution < 1.29 is 9.59 Å². The number of hydrogen-bond acceptors (Lipinski definition) is 7. The number of nitrogens with one attached hydrogen (secondary N) is 3. The number of para-hydroxylation sites is 1. The molecule has 1 aromatic carbocycles. The van der Waals surface area contributed by atoms with Crippen LogP contribution in [-0.2, 0) is 9.59 Å². The fourth-order valence-electron chi connectivity index (χ4n) is 2.07. The number of carbonyl (C=O) groups excluding carboxylic acids is 2. The molecule has 0 aliphatic rings. The number of nitrogens with zero attached hydrogens (tertiary/aromatic N) is 2. The summed E-state index contributed by atoms with van der Waals surface area (Å²) in [6.45, 7) is 5.56. The third kappa shape index (κ3) is 5.43. The molecule has 0 bridgehead atoms. The third-order valence-corrected chi connectivity index (χ3v) is 5.56. The highest BCUT2D eigenvalue weighted by atomic mass is 32.2. The van der Waals surface area contributed by atoms with Crippen molar-refractivity contribution in [2.45, 2.75) is 30.4 Å². The lowest BCUT2D eigenvalue weighted by Crippen LogP contribution is -2.37. The Kier molecular flexibility index (Phi) is 6.77. The molecule has 0 fully saturated rings. The molecule has 9 heteroatoms.